The smallest absolute Gasteiger partial charge is 0.273 e. The maximum absolute atomic E-state index is 12.3. The fourth-order valence-corrected chi connectivity index (χ4v) is 2.52. The number of nitro groups is 1. The first-order valence-corrected chi connectivity index (χ1v) is 8.14. The zero-order valence-corrected chi connectivity index (χ0v) is 15.4. The lowest BCUT2D eigenvalue weighted by atomic mass is 10.2. The van der Waals surface area contributed by atoms with E-state index in [1.54, 1.807) is 7.05 Å². The van der Waals surface area contributed by atoms with E-state index in [1.807, 2.05) is 24.3 Å². The van der Waals surface area contributed by atoms with E-state index in [0.29, 0.717) is 12.3 Å². The largest absolute Gasteiger partial charge is 0.493 e. The second-order valence-corrected chi connectivity index (χ2v) is 6.08. The number of ether oxygens (including phenoxy) is 2. The van der Waals surface area contributed by atoms with Crippen LogP contribution < -0.4 is 9.47 Å². The fourth-order valence-electron chi connectivity index (χ4n) is 2.11. The van der Waals surface area contributed by atoms with E-state index in [0.717, 1.165) is 10.0 Å². The van der Waals surface area contributed by atoms with Crippen LogP contribution in [-0.4, -0.2) is 36.5 Å². The lowest BCUT2D eigenvalue weighted by Gasteiger charge is -2.18. The van der Waals surface area contributed by atoms with Crippen LogP contribution >= 0.6 is 15.9 Å². The number of rotatable bonds is 7. The van der Waals surface area contributed by atoms with Crippen LogP contribution in [0.4, 0.5) is 5.69 Å². The third-order valence-electron chi connectivity index (χ3n) is 3.50. The van der Waals surface area contributed by atoms with Gasteiger partial charge in [-0.2, -0.15) is 0 Å². The Labute approximate surface area is 153 Å². The monoisotopic (exact) mass is 408 g/mol. The van der Waals surface area contributed by atoms with Crippen molar-refractivity contribution in [2.45, 2.75) is 6.54 Å². The molecule has 25 heavy (non-hydrogen) atoms. The average molecular weight is 409 g/mol. The van der Waals surface area contributed by atoms with Crippen molar-refractivity contribution in [2.24, 2.45) is 0 Å². The minimum Gasteiger partial charge on any atom is -0.493 e. The van der Waals surface area contributed by atoms with Crippen molar-refractivity contribution in [1.82, 2.24) is 4.90 Å². The molecule has 0 aromatic heterocycles. The molecule has 0 aliphatic carbocycles. The molecule has 0 fully saturated rings. The number of benzene rings is 2. The first-order valence-electron chi connectivity index (χ1n) is 7.35. The molecule has 0 unspecified atom stereocenters. The summed E-state index contributed by atoms with van der Waals surface area (Å²) in [6.07, 6.45) is 0. The number of amides is 1. The molecule has 0 radical (unpaired) electrons. The summed E-state index contributed by atoms with van der Waals surface area (Å²) in [5.41, 5.74) is 0.830. The normalized spacial score (nSPS) is 10.2. The standard InChI is InChI=1S/C17H17BrN2O5/c1-19(10-12-5-3-4-6-14(12)18)17(21)11-25-16-9-13(20(22)23)7-8-15(16)24-2/h3-9H,10-11H2,1-2H3. The minimum atomic E-state index is -0.535. The SMILES string of the molecule is COc1ccc([N+](=O)[O-])cc1OCC(=O)N(C)Cc1ccccc1Br. The van der Waals surface area contributed by atoms with E-state index in [2.05, 4.69) is 15.9 Å². The van der Waals surface area contributed by atoms with Gasteiger partial charge >= 0.3 is 0 Å². The molecule has 0 bridgehead atoms. The average Bonchev–Trinajstić information content (AvgIpc) is 2.61. The van der Waals surface area contributed by atoms with Crippen LogP contribution in [0, 0.1) is 10.1 Å². The van der Waals surface area contributed by atoms with Gasteiger partial charge in [-0.05, 0) is 17.7 Å². The van der Waals surface area contributed by atoms with E-state index >= 15 is 0 Å². The lowest BCUT2D eigenvalue weighted by molar-refractivity contribution is -0.385. The summed E-state index contributed by atoms with van der Waals surface area (Å²) < 4.78 is 11.5. The summed E-state index contributed by atoms with van der Waals surface area (Å²) >= 11 is 3.44. The molecule has 0 N–H and O–H groups in total. The highest BCUT2D eigenvalue weighted by atomic mass is 79.9. The molecule has 132 valence electrons. The Morgan fingerprint density at radius 2 is 1.96 bits per heavy atom. The molecule has 0 atom stereocenters. The van der Waals surface area contributed by atoms with Gasteiger partial charge in [0.05, 0.1) is 18.1 Å². The first kappa shape index (κ1) is 18.7. The highest BCUT2D eigenvalue weighted by Crippen LogP contribution is 2.31. The number of non-ortho nitro benzene ring substituents is 1. The maximum Gasteiger partial charge on any atom is 0.273 e. The number of hydrogen-bond acceptors (Lipinski definition) is 5. The molecule has 1 amide bonds. The molecule has 2 rings (SSSR count). The lowest BCUT2D eigenvalue weighted by Crippen LogP contribution is -2.31. The topological polar surface area (TPSA) is 81.9 Å². The van der Waals surface area contributed by atoms with Crippen molar-refractivity contribution in [3.05, 3.63) is 62.6 Å². The summed E-state index contributed by atoms with van der Waals surface area (Å²) in [4.78, 5) is 24.1. The van der Waals surface area contributed by atoms with E-state index in [1.165, 1.54) is 30.2 Å². The van der Waals surface area contributed by atoms with Gasteiger partial charge in [-0.15, -0.1) is 0 Å². The number of carbonyl (C=O) groups is 1. The van der Waals surface area contributed by atoms with Crippen molar-refractivity contribution in [3.63, 3.8) is 0 Å². The molecule has 0 heterocycles. The quantitative estimate of drug-likeness (QED) is 0.517. The van der Waals surface area contributed by atoms with Gasteiger partial charge in [-0.3, -0.25) is 14.9 Å². The summed E-state index contributed by atoms with van der Waals surface area (Å²) in [6.45, 7) is 0.161. The van der Waals surface area contributed by atoms with Gasteiger partial charge in [0, 0.05) is 24.1 Å². The van der Waals surface area contributed by atoms with Crippen LogP contribution in [0.25, 0.3) is 0 Å². The van der Waals surface area contributed by atoms with Crippen LogP contribution in [0.3, 0.4) is 0 Å². The van der Waals surface area contributed by atoms with E-state index in [4.69, 9.17) is 9.47 Å². The number of hydrogen-bond donors (Lipinski definition) is 0. The zero-order chi connectivity index (χ0) is 18.4. The molecule has 2 aromatic carbocycles. The number of halogens is 1. The third-order valence-corrected chi connectivity index (χ3v) is 4.27. The third kappa shape index (κ3) is 4.93. The molecule has 7 nitrogen and oxygen atoms in total. The number of carbonyl (C=O) groups excluding carboxylic acids is 1. The van der Waals surface area contributed by atoms with Crippen molar-refractivity contribution in [1.29, 1.82) is 0 Å². The second kappa shape index (κ2) is 8.48. The predicted molar refractivity (Wildman–Crippen MR) is 95.8 cm³/mol. The Balaban J connectivity index is 2.03. The molecule has 0 saturated heterocycles. The zero-order valence-electron chi connectivity index (χ0n) is 13.8. The Hall–Kier alpha value is -2.61. The van der Waals surface area contributed by atoms with Crippen molar-refractivity contribution in [3.8, 4) is 11.5 Å². The van der Waals surface area contributed by atoms with Crippen LogP contribution in [0.15, 0.2) is 46.9 Å². The number of methoxy groups -OCH3 is 1. The Morgan fingerprint density at radius 3 is 2.60 bits per heavy atom. The van der Waals surface area contributed by atoms with Gasteiger partial charge in [-0.1, -0.05) is 34.1 Å². The van der Waals surface area contributed by atoms with Crippen molar-refractivity contribution in [2.75, 3.05) is 20.8 Å². The Morgan fingerprint density at radius 1 is 1.24 bits per heavy atom. The molecule has 8 heteroatoms. The Bertz CT molecular complexity index is 781. The second-order valence-electron chi connectivity index (χ2n) is 5.22. The summed E-state index contributed by atoms with van der Waals surface area (Å²) in [5, 5.41) is 10.9. The molecule has 0 aliphatic rings. The summed E-state index contributed by atoms with van der Waals surface area (Å²) in [6, 6.07) is 11.6. The summed E-state index contributed by atoms with van der Waals surface area (Å²) in [7, 11) is 3.09. The molecule has 0 saturated carbocycles. The van der Waals surface area contributed by atoms with E-state index in [9.17, 15) is 14.9 Å². The van der Waals surface area contributed by atoms with Gasteiger partial charge in [0.2, 0.25) is 0 Å². The van der Waals surface area contributed by atoms with Crippen LogP contribution in [-0.2, 0) is 11.3 Å². The van der Waals surface area contributed by atoms with Crippen LogP contribution in [0.2, 0.25) is 0 Å². The maximum atomic E-state index is 12.3. The fraction of sp³-hybridized carbons (Fsp3) is 0.235. The van der Waals surface area contributed by atoms with Gasteiger partial charge in [0.1, 0.15) is 0 Å². The number of likely N-dealkylation sites (N-methyl/N-ethyl adjacent to an activating group) is 1. The highest BCUT2D eigenvalue weighted by Gasteiger charge is 2.16. The van der Waals surface area contributed by atoms with Gasteiger partial charge in [0.25, 0.3) is 11.6 Å². The number of nitro benzene ring substituents is 1. The van der Waals surface area contributed by atoms with Crippen molar-refractivity contribution < 1.29 is 19.2 Å². The summed E-state index contributed by atoms with van der Waals surface area (Å²) in [5.74, 6) is 0.218. The predicted octanol–water partition coefficient (Wildman–Crippen LogP) is 3.40. The molecule has 0 spiro atoms. The molecular formula is C17H17BrN2O5. The van der Waals surface area contributed by atoms with Gasteiger partial charge < -0.3 is 14.4 Å². The van der Waals surface area contributed by atoms with E-state index in [-0.39, 0.29) is 24.0 Å². The van der Waals surface area contributed by atoms with Gasteiger partial charge in [0.15, 0.2) is 18.1 Å². The van der Waals surface area contributed by atoms with E-state index < -0.39 is 4.92 Å². The van der Waals surface area contributed by atoms with Crippen LogP contribution in [0.1, 0.15) is 5.56 Å². The number of nitrogens with zero attached hydrogens (tertiary/aromatic N) is 2. The minimum absolute atomic E-state index is 0.134. The first-order chi connectivity index (χ1) is 11.9. The Kier molecular flexibility index (Phi) is 6.35. The highest BCUT2D eigenvalue weighted by molar-refractivity contribution is 9.10. The van der Waals surface area contributed by atoms with Crippen molar-refractivity contribution >= 4 is 27.5 Å². The van der Waals surface area contributed by atoms with Crippen LogP contribution in [0.5, 0.6) is 11.5 Å². The molecule has 0 aliphatic heterocycles. The molecular weight excluding hydrogens is 392 g/mol. The molecule has 2 aromatic rings. The van der Waals surface area contributed by atoms with Gasteiger partial charge in [-0.25, -0.2) is 0 Å².